The van der Waals surface area contributed by atoms with E-state index in [2.05, 4.69) is 5.32 Å². The summed E-state index contributed by atoms with van der Waals surface area (Å²) in [4.78, 5) is 22.9. The molecule has 0 saturated heterocycles. The van der Waals surface area contributed by atoms with Gasteiger partial charge in [0.1, 0.15) is 0 Å². The summed E-state index contributed by atoms with van der Waals surface area (Å²) in [6.07, 6.45) is 3.52. The SMILES string of the molecule is NC(=O)c1ccc(CNC(=O)C2(N)CCCC2)cc1. The molecule has 1 aromatic rings. The number of rotatable bonds is 4. The summed E-state index contributed by atoms with van der Waals surface area (Å²) in [5.74, 6) is -0.550. The minimum absolute atomic E-state index is 0.0935. The van der Waals surface area contributed by atoms with E-state index in [9.17, 15) is 9.59 Å². The van der Waals surface area contributed by atoms with Crippen molar-refractivity contribution in [3.63, 3.8) is 0 Å². The van der Waals surface area contributed by atoms with Gasteiger partial charge in [-0.25, -0.2) is 0 Å². The van der Waals surface area contributed by atoms with Gasteiger partial charge in [-0.15, -0.1) is 0 Å². The van der Waals surface area contributed by atoms with Crippen molar-refractivity contribution < 1.29 is 9.59 Å². The predicted molar refractivity (Wildman–Crippen MR) is 72.2 cm³/mol. The van der Waals surface area contributed by atoms with E-state index >= 15 is 0 Å². The van der Waals surface area contributed by atoms with E-state index in [1.165, 1.54) is 0 Å². The van der Waals surface area contributed by atoms with E-state index in [1.807, 2.05) is 0 Å². The van der Waals surface area contributed by atoms with Crippen molar-refractivity contribution in [2.24, 2.45) is 11.5 Å². The van der Waals surface area contributed by atoms with Crippen LogP contribution in [0, 0.1) is 0 Å². The zero-order valence-electron chi connectivity index (χ0n) is 10.8. The molecular weight excluding hydrogens is 242 g/mol. The van der Waals surface area contributed by atoms with Gasteiger partial charge >= 0.3 is 0 Å². The summed E-state index contributed by atoms with van der Waals surface area (Å²) in [5, 5.41) is 2.85. The summed E-state index contributed by atoms with van der Waals surface area (Å²) >= 11 is 0. The normalized spacial score (nSPS) is 17.1. The first-order chi connectivity index (χ1) is 9.01. The van der Waals surface area contributed by atoms with Gasteiger partial charge in [-0.2, -0.15) is 0 Å². The lowest BCUT2D eigenvalue weighted by Crippen LogP contribution is -2.51. The number of hydrogen-bond acceptors (Lipinski definition) is 3. The Hall–Kier alpha value is -1.88. The highest BCUT2D eigenvalue weighted by molar-refractivity contribution is 5.92. The number of carbonyl (C=O) groups is 2. The molecule has 0 atom stereocenters. The molecule has 0 radical (unpaired) electrons. The smallest absolute Gasteiger partial charge is 0.248 e. The van der Waals surface area contributed by atoms with Gasteiger partial charge < -0.3 is 16.8 Å². The number of nitrogens with one attached hydrogen (secondary N) is 1. The van der Waals surface area contributed by atoms with Crippen molar-refractivity contribution >= 4 is 11.8 Å². The lowest BCUT2D eigenvalue weighted by molar-refractivity contribution is -0.126. The zero-order chi connectivity index (χ0) is 13.9. The van der Waals surface area contributed by atoms with Gasteiger partial charge in [-0.05, 0) is 30.5 Å². The average Bonchev–Trinajstić information content (AvgIpc) is 2.84. The number of benzene rings is 1. The maximum absolute atomic E-state index is 12.0. The summed E-state index contributed by atoms with van der Waals surface area (Å²) in [5.41, 5.74) is 11.9. The summed E-state index contributed by atoms with van der Waals surface area (Å²) < 4.78 is 0. The second-order valence-electron chi connectivity index (χ2n) is 5.11. The molecule has 0 heterocycles. The van der Waals surface area contributed by atoms with Crippen LogP contribution in [0.4, 0.5) is 0 Å². The lowest BCUT2D eigenvalue weighted by Gasteiger charge is -2.22. The molecule has 0 aromatic heterocycles. The highest BCUT2D eigenvalue weighted by Gasteiger charge is 2.36. The van der Waals surface area contributed by atoms with E-state index in [0.29, 0.717) is 12.1 Å². The van der Waals surface area contributed by atoms with Gasteiger partial charge in [-0.1, -0.05) is 25.0 Å². The van der Waals surface area contributed by atoms with Crippen LogP contribution in [0.2, 0.25) is 0 Å². The van der Waals surface area contributed by atoms with Gasteiger partial charge in [0.25, 0.3) is 0 Å². The van der Waals surface area contributed by atoms with E-state index in [1.54, 1.807) is 24.3 Å². The Morgan fingerprint density at radius 3 is 2.26 bits per heavy atom. The maximum Gasteiger partial charge on any atom is 0.248 e. The molecule has 0 spiro atoms. The van der Waals surface area contributed by atoms with E-state index in [-0.39, 0.29) is 5.91 Å². The summed E-state index contributed by atoms with van der Waals surface area (Å²) in [7, 11) is 0. The van der Waals surface area contributed by atoms with Crippen LogP contribution >= 0.6 is 0 Å². The fourth-order valence-electron chi connectivity index (χ4n) is 2.38. The molecule has 5 nitrogen and oxygen atoms in total. The second-order valence-corrected chi connectivity index (χ2v) is 5.11. The van der Waals surface area contributed by atoms with Gasteiger partial charge in [0.05, 0.1) is 5.54 Å². The van der Waals surface area contributed by atoms with Gasteiger partial charge in [0.2, 0.25) is 11.8 Å². The molecular formula is C14H19N3O2. The molecule has 5 heteroatoms. The van der Waals surface area contributed by atoms with Gasteiger partial charge in [0, 0.05) is 12.1 Å². The number of nitrogens with two attached hydrogens (primary N) is 2. The zero-order valence-corrected chi connectivity index (χ0v) is 10.8. The maximum atomic E-state index is 12.0. The van der Waals surface area contributed by atoms with Crippen LogP contribution in [-0.2, 0) is 11.3 Å². The molecule has 1 aromatic carbocycles. The van der Waals surface area contributed by atoms with Crippen LogP contribution in [0.3, 0.4) is 0 Å². The highest BCUT2D eigenvalue weighted by atomic mass is 16.2. The third-order valence-electron chi connectivity index (χ3n) is 3.64. The third-order valence-corrected chi connectivity index (χ3v) is 3.64. The minimum Gasteiger partial charge on any atom is -0.366 e. The van der Waals surface area contributed by atoms with Gasteiger partial charge in [0.15, 0.2) is 0 Å². The predicted octanol–water partition coefficient (Wildman–Crippen LogP) is 0.673. The Morgan fingerprint density at radius 2 is 1.74 bits per heavy atom. The first kappa shape index (κ1) is 13.5. The molecule has 1 aliphatic carbocycles. The van der Waals surface area contributed by atoms with Crippen molar-refractivity contribution in [3.8, 4) is 0 Å². The first-order valence-electron chi connectivity index (χ1n) is 6.47. The topological polar surface area (TPSA) is 98.2 Å². The van der Waals surface area contributed by atoms with Crippen molar-refractivity contribution in [1.29, 1.82) is 0 Å². The highest BCUT2D eigenvalue weighted by Crippen LogP contribution is 2.27. The molecule has 0 bridgehead atoms. The average molecular weight is 261 g/mol. The molecule has 5 N–H and O–H groups in total. The Bertz CT molecular complexity index is 476. The van der Waals surface area contributed by atoms with Crippen molar-refractivity contribution in [1.82, 2.24) is 5.32 Å². The monoisotopic (exact) mass is 261 g/mol. The fourth-order valence-corrected chi connectivity index (χ4v) is 2.38. The molecule has 19 heavy (non-hydrogen) atoms. The summed E-state index contributed by atoms with van der Waals surface area (Å²) in [6, 6.07) is 6.85. The Balaban J connectivity index is 1.91. The Morgan fingerprint density at radius 1 is 1.16 bits per heavy atom. The molecule has 1 fully saturated rings. The summed E-state index contributed by atoms with van der Waals surface area (Å²) in [6.45, 7) is 0.414. The van der Waals surface area contributed by atoms with Crippen LogP contribution < -0.4 is 16.8 Å². The molecule has 102 valence electrons. The number of hydrogen-bond donors (Lipinski definition) is 3. The van der Waals surface area contributed by atoms with E-state index < -0.39 is 11.4 Å². The molecule has 1 aliphatic rings. The van der Waals surface area contributed by atoms with Gasteiger partial charge in [-0.3, -0.25) is 9.59 Å². The van der Waals surface area contributed by atoms with E-state index in [0.717, 1.165) is 31.2 Å². The van der Waals surface area contributed by atoms with E-state index in [4.69, 9.17) is 11.5 Å². The Kier molecular flexibility index (Phi) is 3.85. The van der Waals surface area contributed by atoms with Crippen LogP contribution in [0.5, 0.6) is 0 Å². The minimum atomic E-state index is -0.701. The van der Waals surface area contributed by atoms with Crippen LogP contribution in [0.1, 0.15) is 41.6 Å². The third kappa shape index (κ3) is 3.12. The molecule has 2 rings (SSSR count). The molecule has 1 saturated carbocycles. The van der Waals surface area contributed by atoms with Crippen molar-refractivity contribution in [3.05, 3.63) is 35.4 Å². The second kappa shape index (κ2) is 5.40. The number of primary amides is 1. The standard InChI is InChI=1S/C14H19N3O2/c15-12(18)11-5-3-10(4-6-11)9-17-13(19)14(16)7-1-2-8-14/h3-6H,1-2,7-9,16H2,(H2,15,18)(H,17,19). The van der Waals surface area contributed by atoms with Crippen LogP contribution in [-0.4, -0.2) is 17.4 Å². The van der Waals surface area contributed by atoms with Crippen LogP contribution in [0.15, 0.2) is 24.3 Å². The fraction of sp³-hybridized carbons (Fsp3) is 0.429. The van der Waals surface area contributed by atoms with Crippen molar-refractivity contribution in [2.45, 2.75) is 37.8 Å². The quantitative estimate of drug-likeness (QED) is 0.743. The number of amides is 2. The van der Waals surface area contributed by atoms with Crippen molar-refractivity contribution in [2.75, 3.05) is 0 Å². The molecule has 0 aliphatic heterocycles. The molecule has 0 unspecified atom stereocenters. The first-order valence-corrected chi connectivity index (χ1v) is 6.47. The number of carbonyl (C=O) groups excluding carboxylic acids is 2. The molecule has 2 amide bonds. The largest absolute Gasteiger partial charge is 0.366 e. The lowest BCUT2D eigenvalue weighted by atomic mass is 9.98. The Labute approximate surface area is 112 Å². The van der Waals surface area contributed by atoms with Crippen LogP contribution in [0.25, 0.3) is 0 Å².